The van der Waals surface area contributed by atoms with Gasteiger partial charge in [0.15, 0.2) is 0 Å². The highest BCUT2D eigenvalue weighted by Gasteiger charge is 2.33. The Hall–Kier alpha value is -2.06. The van der Waals surface area contributed by atoms with Crippen LogP contribution in [-0.4, -0.2) is 14.2 Å². The Morgan fingerprint density at radius 1 is 0.542 bits per heavy atom. The van der Waals surface area contributed by atoms with Gasteiger partial charge in [0, 0.05) is 8.07 Å². The normalized spacial score (nSPS) is 12.1. The van der Waals surface area contributed by atoms with Crippen molar-refractivity contribution in [2.75, 3.05) is 0 Å². The molecular weight excluding hydrogens is 303 g/mol. The first-order valence-electron chi connectivity index (χ1n) is 8.86. The smallest absolute Gasteiger partial charge is 0.0792 e. The van der Waals surface area contributed by atoms with Gasteiger partial charge >= 0.3 is 0 Å². The molecule has 0 nitrogen and oxygen atoms in total. The van der Waals surface area contributed by atoms with E-state index in [1.165, 1.54) is 22.3 Å². The first-order chi connectivity index (χ1) is 11.5. The summed E-state index contributed by atoms with van der Waals surface area (Å²) in [6.45, 7) is 7.45. The fourth-order valence-electron chi connectivity index (χ4n) is 4.19. The minimum atomic E-state index is -1.31. The second-order valence-corrected chi connectivity index (χ2v) is 13.6. The molecule has 0 radical (unpaired) electrons. The van der Waals surface area contributed by atoms with Gasteiger partial charge in [-0.3, -0.25) is 0 Å². The fourth-order valence-corrected chi connectivity index (χ4v) is 6.74. The van der Waals surface area contributed by atoms with Crippen molar-refractivity contribution in [3.8, 4) is 0 Å². The molecule has 24 heavy (non-hydrogen) atoms. The third-order valence-corrected chi connectivity index (χ3v) is 6.86. The summed E-state index contributed by atoms with van der Waals surface area (Å²) in [5.74, 6) is 1.25. The summed E-state index contributed by atoms with van der Waals surface area (Å²) < 4.78 is 0. The average molecular weight is 329 g/mol. The van der Waals surface area contributed by atoms with Crippen LogP contribution in [0, 0.1) is 0 Å². The summed E-state index contributed by atoms with van der Waals surface area (Å²) >= 11 is 0. The van der Waals surface area contributed by atoms with Crippen LogP contribution in [0.4, 0.5) is 0 Å². The van der Waals surface area contributed by atoms with Crippen LogP contribution in [0.1, 0.15) is 0 Å². The van der Waals surface area contributed by atoms with Crippen molar-refractivity contribution in [1.29, 1.82) is 0 Å². The Bertz CT molecular complexity index is 665. The van der Waals surface area contributed by atoms with Gasteiger partial charge in [0.1, 0.15) is 0 Å². The van der Waals surface area contributed by atoms with E-state index in [2.05, 4.69) is 111 Å². The average Bonchev–Trinajstić information content (AvgIpc) is 2.61. The quantitative estimate of drug-likeness (QED) is 0.620. The highest BCUT2D eigenvalue weighted by Crippen LogP contribution is 2.20. The summed E-state index contributed by atoms with van der Waals surface area (Å²) in [4.78, 5) is 0. The van der Waals surface area contributed by atoms with E-state index >= 15 is 0 Å². The lowest BCUT2D eigenvalue weighted by molar-refractivity contribution is 1.55. The molecule has 0 spiro atoms. The predicted molar refractivity (Wildman–Crippen MR) is 112 cm³/mol. The van der Waals surface area contributed by atoms with Gasteiger partial charge in [0.25, 0.3) is 0 Å². The lowest BCUT2D eigenvalue weighted by Crippen LogP contribution is -2.69. The molecule has 0 saturated heterocycles. The zero-order chi connectivity index (χ0) is 17.0. The van der Waals surface area contributed by atoms with Gasteiger partial charge in [-0.25, -0.2) is 16.4 Å². The van der Waals surface area contributed by atoms with Gasteiger partial charge in [-0.05, 0) is 0 Å². The Morgan fingerprint density at radius 3 is 1.08 bits per heavy atom. The SMILES string of the molecule is C[Si](C)(C)C[B-](c1ccccc1)(c1ccccc1)c1ccccc1. The topological polar surface area (TPSA) is 0 Å². The zero-order valence-corrected chi connectivity index (χ0v) is 15.9. The third-order valence-electron chi connectivity index (χ3n) is 5.02. The standard InChI is InChI=1S/C22H26BSi/c1-24(2,3)19-23(20-13-7-4-8-14-20,21-15-9-5-10-16-21)22-17-11-6-12-18-22/h4-18H,19H2,1-3H3/q-1. The summed E-state index contributed by atoms with van der Waals surface area (Å²) in [5.41, 5.74) is 4.37. The van der Waals surface area contributed by atoms with E-state index in [-0.39, 0.29) is 0 Å². The maximum absolute atomic E-state index is 2.48. The van der Waals surface area contributed by atoms with Crippen molar-refractivity contribution in [3.63, 3.8) is 0 Å². The molecule has 122 valence electrons. The minimum absolute atomic E-state index is 0.940. The predicted octanol–water partition coefficient (Wildman–Crippen LogP) is 4.03. The van der Waals surface area contributed by atoms with Gasteiger partial charge in [-0.1, -0.05) is 111 Å². The molecule has 3 aromatic rings. The lowest BCUT2D eigenvalue weighted by Gasteiger charge is -2.47. The molecule has 0 bridgehead atoms. The van der Waals surface area contributed by atoms with Gasteiger partial charge in [-0.15, -0.1) is 0 Å². The van der Waals surface area contributed by atoms with E-state index in [0.717, 1.165) is 0 Å². The molecule has 0 aliphatic carbocycles. The van der Waals surface area contributed by atoms with Crippen molar-refractivity contribution in [2.24, 2.45) is 0 Å². The second-order valence-electron chi connectivity index (χ2n) is 8.04. The molecule has 0 aliphatic rings. The van der Waals surface area contributed by atoms with Crippen LogP contribution in [0.15, 0.2) is 91.0 Å². The van der Waals surface area contributed by atoms with Crippen molar-refractivity contribution in [2.45, 2.75) is 25.6 Å². The van der Waals surface area contributed by atoms with Crippen molar-refractivity contribution in [3.05, 3.63) is 91.0 Å². The molecule has 0 N–H and O–H groups in total. The maximum atomic E-state index is 2.48. The van der Waals surface area contributed by atoms with Crippen molar-refractivity contribution in [1.82, 2.24) is 0 Å². The highest BCUT2D eigenvalue weighted by molar-refractivity contribution is 7.17. The van der Waals surface area contributed by atoms with Crippen molar-refractivity contribution < 1.29 is 0 Å². The Kier molecular flexibility index (Phi) is 4.77. The summed E-state index contributed by atoms with van der Waals surface area (Å²) in [7, 11) is -1.31. The van der Waals surface area contributed by atoms with E-state index in [1.54, 1.807) is 0 Å². The van der Waals surface area contributed by atoms with Crippen LogP contribution in [0.2, 0.25) is 25.6 Å². The Labute approximate surface area is 147 Å². The van der Waals surface area contributed by atoms with Crippen LogP contribution in [0.3, 0.4) is 0 Å². The van der Waals surface area contributed by atoms with Gasteiger partial charge in [0.05, 0.1) is 6.15 Å². The third kappa shape index (κ3) is 3.39. The van der Waals surface area contributed by atoms with Gasteiger partial charge in [0.2, 0.25) is 0 Å². The molecule has 2 heteroatoms. The van der Waals surface area contributed by atoms with Crippen LogP contribution >= 0.6 is 0 Å². The largest absolute Gasteiger partial charge is 0.200 e. The molecule has 0 fully saturated rings. The molecule has 0 unspecified atom stereocenters. The highest BCUT2D eigenvalue weighted by atomic mass is 28.3. The Morgan fingerprint density at radius 2 is 0.833 bits per heavy atom. The van der Waals surface area contributed by atoms with Gasteiger partial charge < -0.3 is 0 Å². The molecule has 0 amide bonds. The van der Waals surface area contributed by atoms with Crippen LogP contribution in [-0.2, 0) is 0 Å². The minimum Gasteiger partial charge on any atom is -0.200 e. The first-order valence-corrected chi connectivity index (χ1v) is 12.6. The second kappa shape index (κ2) is 6.82. The summed E-state index contributed by atoms with van der Waals surface area (Å²) in [6.07, 6.45) is -0.940. The summed E-state index contributed by atoms with van der Waals surface area (Å²) in [6, 6.07) is 33.4. The monoisotopic (exact) mass is 329 g/mol. The molecule has 3 aromatic carbocycles. The van der Waals surface area contributed by atoms with E-state index < -0.39 is 14.2 Å². The molecule has 0 atom stereocenters. The van der Waals surface area contributed by atoms with Gasteiger partial charge in [-0.2, -0.15) is 5.94 Å². The molecule has 0 aliphatic heterocycles. The molecule has 0 saturated carbocycles. The molecular formula is C22H26BSi-. The fraction of sp³-hybridized carbons (Fsp3) is 0.182. The Balaban J connectivity index is 2.33. The first kappa shape index (κ1) is 16.8. The number of hydrogen-bond donors (Lipinski definition) is 0. The number of benzene rings is 3. The maximum Gasteiger partial charge on any atom is 0.0792 e. The molecule has 0 aromatic heterocycles. The zero-order valence-electron chi connectivity index (χ0n) is 14.9. The van der Waals surface area contributed by atoms with Crippen LogP contribution in [0.25, 0.3) is 0 Å². The molecule has 3 rings (SSSR count). The van der Waals surface area contributed by atoms with E-state index in [9.17, 15) is 0 Å². The number of rotatable bonds is 5. The van der Waals surface area contributed by atoms with Crippen LogP contribution in [0.5, 0.6) is 0 Å². The lowest BCUT2D eigenvalue weighted by atomic mass is 9.17. The summed E-state index contributed by atoms with van der Waals surface area (Å²) in [5, 5.41) is 0. The van der Waals surface area contributed by atoms with Crippen molar-refractivity contribution >= 4 is 30.6 Å². The molecule has 0 heterocycles. The van der Waals surface area contributed by atoms with E-state index in [4.69, 9.17) is 0 Å². The van der Waals surface area contributed by atoms with Crippen LogP contribution < -0.4 is 16.4 Å². The number of hydrogen-bond acceptors (Lipinski definition) is 0. The van der Waals surface area contributed by atoms with E-state index in [0.29, 0.717) is 0 Å². The van der Waals surface area contributed by atoms with E-state index in [1.807, 2.05) is 0 Å².